The first kappa shape index (κ1) is 14.0. The molecule has 22 heavy (non-hydrogen) atoms. The van der Waals surface area contributed by atoms with Gasteiger partial charge in [-0.1, -0.05) is 23.8 Å². The normalized spacial score (nSPS) is 10.4. The minimum Gasteiger partial charge on any atom is -0.305 e. The van der Waals surface area contributed by atoms with Crippen LogP contribution in [0.15, 0.2) is 60.9 Å². The Hall–Kier alpha value is -2.95. The van der Waals surface area contributed by atoms with Gasteiger partial charge in [-0.25, -0.2) is 0 Å². The van der Waals surface area contributed by atoms with E-state index in [9.17, 15) is 4.79 Å². The molecule has 0 aliphatic rings. The van der Waals surface area contributed by atoms with Gasteiger partial charge in [0.2, 0.25) is 0 Å². The number of rotatable bonds is 4. The second kappa shape index (κ2) is 6.22. The summed E-state index contributed by atoms with van der Waals surface area (Å²) in [6.07, 6.45) is 3.57. The molecule has 0 aliphatic heterocycles. The van der Waals surface area contributed by atoms with E-state index in [1.807, 2.05) is 49.5 Å². The number of nitrogens with one attached hydrogen (secondary N) is 1. The van der Waals surface area contributed by atoms with Crippen molar-refractivity contribution in [2.45, 2.75) is 13.5 Å². The zero-order valence-corrected chi connectivity index (χ0v) is 12.2. The van der Waals surface area contributed by atoms with E-state index in [0.29, 0.717) is 17.9 Å². The zero-order chi connectivity index (χ0) is 15.4. The van der Waals surface area contributed by atoms with Crippen molar-refractivity contribution < 1.29 is 4.79 Å². The smallest absolute Gasteiger partial charge is 0.256 e. The number of benzene rings is 1. The fourth-order valence-electron chi connectivity index (χ4n) is 2.15. The Morgan fingerprint density at radius 1 is 1.18 bits per heavy atom. The van der Waals surface area contributed by atoms with E-state index in [1.54, 1.807) is 23.0 Å². The highest BCUT2D eigenvalue weighted by Gasteiger charge is 2.08. The molecule has 0 atom stereocenters. The lowest BCUT2D eigenvalue weighted by Crippen LogP contribution is -2.13. The number of hydrogen-bond donors (Lipinski definition) is 1. The molecule has 2 heterocycles. The summed E-state index contributed by atoms with van der Waals surface area (Å²) in [4.78, 5) is 16.4. The fourth-order valence-corrected chi connectivity index (χ4v) is 2.15. The first-order valence-electron chi connectivity index (χ1n) is 7.02. The van der Waals surface area contributed by atoms with E-state index in [-0.39, 0.29) is 5.91 Å². The lowest BCUT2D eigenvalue weighted by molar-refractivity contribution is 0.102. The quantitative estimate of drug-likeness (QED) is 0.804. The molecule has 1 amide bonds. The van der Waals surface area contributed by atoms with Crippen LogP contribution in [0.3, 0.4) is 0 Å². The molecule has 5 nitrogen and oxygen atoms in total. The van der Waals surface area contributed by atoms with Crippen molar-refractivity contribution in [1.82, 2.24) is 14.8 Å². The Morgan fingerprint density at radius 3 is 2.86 bits per heavy atom. The van der Waals surface area contributed by atoms with Gasteiger partial charge >= 0.3 is 0 Å². The van der Waals surface area contributed by atoms with Crippen LogP contribution in [0.5, 0.6) is 0 Å². The summed E-state index contributed by atoms with van der Waals surface area (Å²) in [6.45, 7) is 2.53. The van der Waals surface area contributed by atoms with Crippen LogP contribution in [0.25, 0.3) is 0 Å². The van der Waals surface area contributed by atoms with Crippen LogP contribution in [-0.2, 0) is 6.54 Å². The number of nitrogens with zero attached hydrogens (tertiary/aromatic N) is 3. The number of pyridine rings is 1. The number of anilines is 1. The van der Waals surface area contributed by atoms with Crippen molar-refractivity contribution in [2.75, 3.05) is 5.32 Å². The highest BCUT2D eigenvalue weighted by molar-refractivity contribution is 6.03. The summed E-state index contributed by atoms with van der Waals surface area (Å²) >= 11 is 0. The molecule has 0 fully saturated rings. The van der Waals surface area contributed by atoms with Crippen LogP contribution in [-0.4, -0.2) is 20.7 Å². The summed E-state index contributed by atoms with van der Waals surface area (Å²) in [7, 11) is 0. The predicted molar refractivity (Wildman–Crippen MR) is 84.7 cm³/mol. The van der Waals surface area contributed by atoms with Gasteiger partial charge in [-0.05, 0) is 31.2 Å². The van der Waals surface area contributed by atoms with Gasteiger partial charge in [-0.2, -0.15) is 5.10 Å². The molecule has 0 saturated carbocycles. The molecular weight excluding hydrogens is 276 g/mol. The summed E-state index contributed by atoms with van der Waals surface area (Å²) in [5.41, 5.74) is 2.59. The maximum absolute atomic E-state index is 12.2. The molecule has 5 heteroatoms. The molecule has 0 spiro atoms. The number of amides is 1. The molecule has 110 valence electrons. The lowest BCUT2D eigenvalue weighted by atomic mass is 10.1. The predicted octanol–water partition coefficient (Wildman–Crippen LogP) is 2.89. The van der Waals surface area contributed by atoms with Crippen molar-refractivity contribution in [2.24, 2.45) is 0 Å². The van der Waals surface area contributed by atoms with Gasteiger partial charge in [0, 0.05) is 24.0 Å². The minimum atomic E-state index is -0.160. The first-order valence-corrected chi connectivity index (χ1v) is 7.02. The molecule has 0 bridgehead atoms. The highest BCUT2D eigenvalue weighted by atomic mass is 16.1. The summed E-state index contributed by atoms with van der Waals surface area (Å²) in [5, 5.41) is 7.14. The van der Waals surface area contributed by atoms with Crippen molar-refractivity contribution in [3.63, 3.8) is 0 Å². The van der Waals surface area contributed by atoms with E-state index in [2.05, 4.69) is 15.4 Å². The number of aromatic nitrogens is 3. The Labute approximate surface area is 128 Å². The van der Waals surface area contributed by atoms with E-state index < -0.39 is 0 Å². The zero-order valence-electron chi connectivity index (χ0n) is 12.2. The molecule has 3 aromatic rings. The van der Waals surface area contributed by atoms with Crippen LogP contribution in [0, 0.1) is 6.92 Å². The fraction of sp³-hybridized carbons (Fsp3) is 0.118. The SMILES string of the molecule is Cc1cccc(C(=O)Nc2ccn(Cc3ccccn3)n2)c1. The van der Waals surface area contributed by atoms with Crippen LogP contribution in [0.2, 0.25) is 0 Å². The van der Waals surface area contributed by atoms with Crippen molar-refractivity contribution in [3.8, 4) is 0 Å². The van der Waals surface area contributed by atoms with Gasteiger partial charge in [0.25, 0.3) is 5.91 Å². The molecule has 0 radical (unpaired) electrons. The van der Waals surface area contributed by atoms with Crippen LogP contribution < -0.4 is 5.32 Å². The van der Waals surface area contributed by atoms with Crippen LogP contribution >= 0.6 is 0 Å². The topological polar surface area (TPSA) is 59.8 Å². The van der Waals surface area contributed by atoms with Gasteiger partial charge in [-0.15, -0.1) is 0 Å². The molecule has 0 saturated heterocycles. The van der Waals surface area contributed by atoms with Gasteiger partial charge in [0.05, 0.1) is 12.2 Å². The minimum absolute atomic E-state index is 0.160. The van der Waals surface area contributed by atoms with Crippen LogP contribution in [0.1, 0.15) is 21.6 Å². The van der Waals surface area contributed by atoms with Crippen molar-refractivity contribution in [1.29, 1.82) is 0 Å². The largest absolute Gasteiger partial charge is 0.305 e. The molecular formula is C17H16N4O. The Kier molecular flexibility index (Phi) is 3.96. The Balaban J connectivity index is 1.68. The molecule has 2 aromatic heterocycles. The third kappa shape index (κ3) is 3.38. The molecule has 1 N–H and O–H groups in total. The molecule has 0 unspecified atom stereocenters. The summed E-state index contributed by atoms with van der Waals surface area (Å²) in [6, 6.07) is 15.0. The Morgan fingerprint density at radius 2 is 2.09 bits per heavy atom. The number of hydrogen-bond acceptors (Lipinski definition) is 3. The number of carbonyl (C=O) groups is 1. The maximum atomic E-state index is 12.2. The average molecular weight is 292 g/mol. The number of carbonyl (C=O) groups excluding carboxylic acids is 1. The van der Waals surface area contributed by atoms with E-state index >= 15 is 0 Å². The van der Waals surface area contributed by atoms with Gasteiger partial charge in [-0.3, -0.25) is 14.5 Å². The second-order valence-corrected chi connectivity index (χ2v) is 5.04. The van der Waals surface area contributed by atoms with E-state index in [4.69, 9.17) is 0 Å². The number of aryl methyl sites for hydroxylation is 1. The van der Waals surface area contributed by atoms with Gasteiger partial charge in [0.1, 0.15) is 0 Å². The maximum Gasteiger partial charge on any atom is 0.256 e. The third-order valence-electron chi connectivity index (χ3n) is 3.21. The van der Waals surface area contributed by atoms with Crippen molar-refractivity contribution >= 4 is 11.7 Å². The molecule has 0 aliphatic carbocycles. The monoisotopic (exact) mass is 292 g/mol. The molecule has 3 rings (SSSR count). The summed E-state index contributed by atoms with van der Waals surface area (Å²) in [5.74, 6) is 0.370. The van der Waals surface area contributed by atoms with E-state index in [0.717, 1.165) is 11.3 Å². The second-order valence-electron chi connectivity index (χ2n) is 5.04. The van der Waals surface area contributed by atoms with Crippen LogP contribution in [0.4, 0.5) is 5.82 Å². The van der Waals surface area contributed by atoms with E-state index in [1.165, 1.54) is 0 Å². The average Bonchev–Trinajstić information content (AvgIpc) is 2.95. The van der Waals surface area contributed by atoms with Gasteiger partial charge in [0.15, 0.2) is 5.82 Å². The first-order chi connectivity index (χ1) is 10.7. The standard InChI is InChI=1S/C17H16N4O/c1-13-5-4-6-14(11-13)17(22)19-16-8-10-21(20-16)12-15-7-2-3-9-18-15/h2-11H,12H2,1H3,(H,19,20,22). The summed E-state index contributed by atoms with van der Waals surface area (Å²) < 4.78 is 1.74. The lowest BCUT2D eigenvalue weighted by Gasteiger charge is -2.03. The van der Waals surface area contributed by atoms with Gasteiger partial charge < -0.3 is 5.32 Å². The third-order valence-corrected chi connectivity index (χ3v) is 3.21. The Bertz CT molecular complexity index is 780. The van der Waals surface area contributed by atoms with Crippen molar-refractivity contribution in [3.05, 3.63) is 77.7 Å². The highest BCUT2D eigenvalue weighted by Crippen LogP contribution is 2.09. The molecule has 1 aromatic carbocycles.